The molecule has 0 N–H and O–H groups in total. The monoisotopic (exact) mass is 252 g/mol. The van der Waals surface area contributed by atoms with Crippen LogP contribution in [0.25, 0.3) is 0 Å². The van der Waals surface area contributed by atoms with Gasteiger partial charge in [0.1, 0.15) is 0 Å². The molecule has 0 spiro atoms. The van der Waals surface area contributed by atoms with E-state index in [4.69, 9.17) is 9.05 Å². The number of carbonyl (C=O) groups excluding carboxylic acids is 1. The van der Waals surface area contributed by atoms with Crippen molar-refractivity contribution in [2.24, 2.45) is 0 Å². The molecule has 0 fully saturated rings. The van der Waals surface area contributed by atoms with Crippen LogP contribution in [0, 0.1) is 0 Å². The number of carbonyl (C=O) groups is 1. The topological polar surface area (TPSA) is 52.6 Å². The molecule has 0 saturated heterocycles. The van der Waals surface area contributed by atoms with Gasteiger partial charge in [0.2, 0.25) is 5.12 Å². The molecule has 0 amide bonds. The molecule has 4 nitrogen and oxygen atoms in total. The van der Waals surface area contributed by atoms with Crippen LogP contribution in [0.5, 0.6) is 0 Å². The van der Waals surface area contributed by atoms with Crippen molar-refractivity contribution in [3.05, 3.63) is 11.6 Å². The molecule has 0 aliphatic carbocycles. The zero-order chi connectivity index (χ0) is 11.9. The Morgan fingerprint density at radius 2 is 1.93 bits per heavy atom. The Morgan fingerprint density at radius 3 is 2.33 bits per heavy atom. The van der Waals surface area contributed by atoms with Crippen molar-refractivity contribution in [2.45, 2.75) is 13.8 Å². The molecular weight excluding hydrogens is 235 g/mol. The number of allylic oxidation sites excluding steroid dienone is 1. The highest BCUT2D eigenvalue weighted by Crippen LogP contribution is 2.47. The van der Waals surface area contributed by atoms with Gasteiger partial charge in [-0.2, -0.15) is 0 Å². The third-order valence-corrected chi connectivity index (χ3v) is 4.34. The minimum absolute atomic E-state index is 0.0336. The van der Waals surface area contributed by atoms with E-state index in [-0.39, 0.29) is 11.3 Å². The van der Waals surface area contributed by atoms with Crippen LogP contribution < -0.4 is 0 Å². The second-order valence-electron chi connectivity index (χ2n) is 2.88. The average molecular weight is 252 g/mol. The lowest BCUT2D eigenvalue weighted by Crippen LogP contribution is -1.98. The third-order valence-electron chi connectivity index (χ3n) is 1.65. The fourth-order valence-electron chi connectivity index (χ4n) is 0.940. The van der Waals surface area contributed by atoms with Crippen LogP contribution in [0.15, 0.2) is 11.6 Å². The molecule has 0 heterocycles. The molecule has 0 aromatic carbocycles. The molecule has 15 heavy (non-hydrogen) atoms. The average Bonchev–Trinajstić information content (AvgIpc) is 2.17. The van der Waals surface area contributed by atoms with Gasteiger partial charge in [-0.15, -0.1) is 0 Å². The number of rotatable bonds is 6. The number of hydrogen-bond acceptors (Lipinski definition) is 5. The summed E-state index contributed by atoms with van der Waals surface area (Å²) in [6.45, 7) is 3.64. The van der Waals surface area contributed by atoms with Crippen LogP contribution in [0.4, 0.5) is 0 Å². The maximum absolute atomic E-state index is 11.7. The van der Waals surface area contributed by atoms with Crippen LogP contribution in [0.1, 0.15) is 13.8 Å². The van der Waals surface area contributed by atoms with Crippen molar-refractivity contribution < 1.29 is 18.4 Å². The van der Waals surface area contributed by atoms with Gasteiger partial charge in [0, 0.05) is 14.2 Å². The van der Waals surface area contributed by atoms with E-state index in [1.165, 1.54) is 32.1 Å². The van der Waals surface area contributed by atoms with Crippen molar-refractivity contribution in [3.8, 4) is 0 Å². The maximum atomic E-state index is 11.7. The Labute approximate surface area is 94.9 Å². The van der Waals surface area contributed by atoms with Crippen LogP contribution in [0.2, 0.25) is 0 Å². The molecule has 0 unspecified atom stereocenters. The van der Waals surface area contributed by atoms with Crippen molar-refractivity contribution in [2.75, 3.05) is 26.1 Å². The Bertz CT molecular complexity index is 280. The minimum atomic E-state index is -3.04. The first-order chi connectivity index (χ1) is 6.97. The summed E-state index contributed by atoms with van der Waals surface area (Å²) in [7, 11) is -0.375. The summed E-state index contributed by atoms with van der Waals surface area (Å²) >= 11 is 1.21. The number of hydrogen-bond donors (Lipinski definition) is 0. The van der Waals surface area contributed by atoms with E-state index in [9.17, 15) is 9.36 Å². The fraction of sp³-hybridized carbons (Fsp3) is 0.667. The van der Waals surface area contributed by atoms with Crippen molar-refractivity contribution >= 4 is 24.5 Å². The van der Waals surface area contributed by atoms with Crippen molar-refractivity contribution in [1.82, 2.24) is 0 Å². The molecule has 6 heteroatoms. The molecule has 0 aromatic heterocycles. The molecule has 0 rings (SSSR count). The van der Waals surface area contributed by atoms with Crippen LogP contribution >= 0.6 is 19.4 Å². The van der Waals surface area contributed by atoms with E-state index in [1.54, 1.807) is 6.92 Å². The molecule has 0 bridgehead atoms. The summed E-state index contributed by atoms with van der Waals surface area (Å²) in [5.41, 5.74) is 0.702. The summed E-state index contributed by atoms with van der Waals surface area (Å²) in [6.07, 6.45) is 1.62. The summed E-state index contributed by atoms with van der Waals surface area (Å²) in [6, 6.07) is 0. The van der Waals surface area contributed by atoms with Gasteiger partial charge in [-0.1, -0.05) is 24.3 Å². The third kappa shape index (κ3) is 6.15. The van der Waals surface area contributed by atoms with Gasteiger partial charge in [-0.05, 0) is 18.8 Å². The highest BCUT2D eigenvalue weighted by atomic mass is 32.2. The van der Waals surface area contributed by atoms with Gasteiger partial charge in [-0.25, -0.2) is 0 Å². The number of thioether (sulfide) groups is 1. The second-order valence-corrected chi connectivity index (χ2v) is 6.41. The first kappa shape index (κ1) is 14.9. The summed E-state index contributed by atoms with van der Waals surface area (Å²) in [4.78, 5) is 11.2. The molecule has 0 saturated carbocycles. The predicted octanol–water partition coefficient (Wildman–Crippen LogP) is 2.70. The van der Waals surface area contributed by atoms with Gasteiger partial charge >= 0.3 is 7.60 Å². The van der Waals surface area contributed by atoms with E-state index in [2.05, 4.69) is 0 Å². The van der Waals surface area contributed by atoms with Crippen molar-refractivity contribution in [1.29, 1.82) is 0 Å². The fourth-order valence-corrected chi connectivity index (χ4v) is 2.62. The molecule has 88 valence electrons. The van der Waals surface area contributed by atoms with Crippen LogP contribution in [0.3, 0.4) is 0 Å². The normalized spacial score (nSPS) is 12.9. The van der Waals surface area contributed by atoms with E-state index in [0.717, 1.165) is 5.75 Å². The predicted molar refractivity (Wildman–Crippen MR) is 63.4 cm³/mol. The van der Waals surface area contributed by atoms with Gasteiger partial charge in [0.15, 0.2) is 0 Å². The quantitative estimate of drug-likeness (QED) is 0.537. The zero-order valence-corrected chi connectivity index (χ0v) is 11.2. The molecule has 0 aromatic rings. The second kappa shape index (κ2) is 7.23. The Morgan fingerprint density at radius 1 is 1.40 bits per heavy atom. The Kier molecular flexibility index (Phi) is 7.18. The van der Waals surface area contributed by atoms with Crippen molar-refractivity contribution in [3.63, 3.8) is 0 Å². The lowest BCUT2D eigenvalue weighted by Gasteiger charge is -2.13. The highest BCUT2D eigenvalue weighted by molar-refractivity contribution is 8.14. The summed E-state index contributed by atoms with van der Waals surface area (Å²) in [5.74, 6) is 0.731. The summed E-state index contributed by atoms with van der Waals surface area (Å²) in [5, 5.41) is -0.0336. The van der Waals surface area contributed by atoms with E-state index < -0.39 is 7.60 Å². The first-order valence-corrected chi connectivity index (χ1v) is 7.23. The molecule has 0 aliphatic heterocycles. The van der Waals surface area contributed by atoms with E-state index in [1.807, 2.05) is 6.92 Å². The molecular formula is C9H17O4PS. The smallest absolute Gasteiger partial charge is 0.312 e. The van der Waals surface area contributed by atoms with E-state index in [0.29, 0.717) is 5.57 Å². The largest absolute Gasteiger partial charge is 0.334 e. The van der Waals surface area contributed by atoms with Gasteiger partial charge in [0.05, 0.1) is 6.16 Å². The first-order valence-electron chi connectivity index (χ1n) is 4.52. The standard InChI is InChI=1S/C9H17O4PS/c1-5-15-9(10)6-8(2)7-14(11,12-3)13-4/h6H,5,7H2,1-4H3/b8-6+. The van der Waals surface area contributed by atoms with Crippen LogP contribution in [-0.4, -0.2) is 31.2 Å². The zero-order valence-electron chi connectivity index (χ0n) is 9.48. The van der Waals surface area contributed by atoms with E-state index >= 15 is 0 Å². The minimum Gasteiger partial charge on any atom is -0.312 e. The molecule has 0 aliphatic rings. The lowest BCUT2D eigenvalue weighted by molar-refractivity contribution is -0.107. The molecule has 0 atom stereocenters. The van der Waals surface area contributed by atoms with Gasteiger partial charge in [0.25, 0.3) is 0 Å². The maximum Gasteiger partial charge on any atom is 0.334 e. The highest BCUT2D eigenvalue weighted by Gasteiger charge is 2.21. The molecule has 0 radical (unpaired) electrons. The Balaban J connectivity index is 4.40. The van der Waals surface area contributed by atoms with Gasteiger partial charge in [-0.3, -0.25) is 9.36 Å². The van der Waals surface area contributed by atoms with Crippen LogP contribution in [-0.2, 0) is 18.4 Å². The lowest BCUT2D eigenvalue weighted by atomic mass is 10.3. The van der Waals surface area contributed by atoms with Gasteiger partial charge < -0.3 is 9.05 Å². The summed E-state index contributed by atoms with van der Waals surface area (Å²) < 4.78 is 21.2. The SMILES string of the molecule is CCSC(=O)/C=C(\C)CP(=O)(OC)OC. The Hall–Kier alpha value is -0.0900.